The summed E-state index contributed by atoms with van der Waals surface area (Å²) >= 11 is 1.52. The molecule has 2 N–H and O–H groups in total. The first-order valence-corrected chi connectivity index (χ1v) is 9.14. The standard InChI is InChI=1S/C18H23N3O2S/c1-12(2)16-11-19-18(24-16)20-17(23)13-3-5-14(6-4-13)21-9-7-15(22)8-10-21/h3-6,11-12,15,22H,7-10H2,1-2H3,(H,19,20,23). The van der Waals surface area contributed by atoms with Crippen LogP contribution in [0.2, 0.25) is 0 Å². The molecule has 1 aliphatic rings. The molecule has 0 spiro atoms. The van der Waals surface area contributed by atoms with E-state index >= 15 is 0 Å². The van der Waals surface area contributed by atoms with E-state index in [-0.39, 0.29) is 12.0 Å². The second-order valence-corrected chi connectivity index (χ2v) is 7.50. The fraction of sp³-hybridized carbons (Fsp3) is 0.444. The van der Waals surface area contributed by atoms with Gasteiger partial charge in [0.2, 0.25) is 0 Å². The van der Waals surface area contributed by atoms with E-state index in [1.807, 2.05) is 30.5 Å². The number of carbonyl (C=O) groups is 1. The van der Waals surface area contributed by atoms with Gasteiger partial charge < -0.3 is 10.0 Å². The number of rotatable bonds is 4. The van der Waals surface area contributed by atoms with Gasteiger partial charge in [0.1, 0.15) is 0 Å². The third kappa shape index (κ3) is 3.94. The highest BCUT2D eigenvalue weighted by Crippen LogP contribution is 2.26. The average Bonchev–Trinajstić information content (AvgIpc) is 3.04. The van der Waals surface area contributed by atoms with Crippen LogP contribution in [-0.2, 0) is 0 Å². The van der Waals surface area contributed by atoms with Crippen LogP contribution in [0.4, 0.5) is 10.8 Å². The van der Waals surface area contributed by atoms with Gasteiger partial charge in [-0.25, -0.2) is 4.98 Å². The Balaban J connectivity index is 1.63. The Morgan fingerprint density at radius 1 is 1.29 bits per heavy atom. The monoisotopic (exact) mass is 345 g/mol. The molecule has 0 atom stereocenters. The van der Waals surface area contributed by atoms with Crippen molar-refractivity contribution in [2.24, 2.45) is 0 Å². The first-order valence-electron chi connectivity index (χ1n) is 8.33. The van der Waals surface area contributed by atoms with Gasteiger partial charge in [0, 0.05) is 35.4 Å². The van der Waals surface area contributed by atoms with Gasteiger partial charge in [-0.05, 0) is 43.0 Å². The smallest absolute Gasteiger partial charge is 0.257 e. The van der Waals surface area contributed by atoms with Crippen molar-refractivity contribution < 1.29 is 9.90 Å². The highest BCUT2D eigenvalue weighted by molar-refractivity contribution is 7.15. The Bertz CT molecular complexity index is 689. The summed E-state index contributed by atoms with van der Waals surface area (Å²) in [5.74, 6) is 0.274. The zero-order chi connectivity index (χ0) is 17.1. The molecule has 5 nitrogen and oxygen atoms in total. The predicted octanol–water partition coefficient (Wildman–Crippen LogP) is 3.48. The number of nitrogens with zero attached hydrogens (tertiary/aromatic N) is 2. The van der Waals surface area contributed by atoms with Gasteiger partial charge >= 0.3 is 0 Å². The Labute approximate surface area is 146 Å². The van der Waals surface area contributed by atoms with Gasteiger partial charge in [0.15, 0.2) is 5.13 Å². The molecule has 3 rings (SSSR count). The van der Waals surface area contributed by atoms with Crippen LogP contribution in [0.5, 0.6) is 0 Å². The Kier molecular flexibility index (Phi) is 5.16. The normalized spacial score (nSPS) is 15.8. The van der Waals surface area contributed by atoms with Crippen LogP contribution < -0.4 is 10.2 Å². The molecule has 24 heavy (non-hydrogen) atoms. The summed E-state index contributed by atoms with van der Waals surface area (Å²) in [4.78, 5) is 20.0. The summed E-state index contributed by atoms with van der Waals surface area (Å²) in [7, 11) is 0. The van der Waals surface area contributed by atoms with Gasteiger partial charge in [-0.1, -0.05) is 13.8 Å². The lowest BCUT2D eigenvalue weighted by molar-refractivity contribution is 0.102. The second-order valence-electron chi connectivity index (χ2n) is 6.44. The van der Waals surface area contributed by atoms with E-state index < -0.39 is 0 Å². The van der Waals surface area contributed by atoms with Crippen molar-refractivity contribution in [3.63, 3.8) is 0 Å². The second kappa shape index (κ2) is 7.32. The number of anilines is 2. The lowest BCUT2D eigenvalue weighted by atomic mass is 10.1. The molecule has 2 heterocycles. The summed E-state index contributed by atoms with van der Waals surface area (Å²) in [6.45, 7) is 5.92. The van der Waals surface area contributed by atoms with Gasteiger partial charge in [-0.3, -0.25) is 10.1 Å². The zero-order valence-electron chi connectivity index (χ0n) is 14.0. The highest BCUT2D eigenvalue weighted by atomic mass is 32.1. The number of aliphatic hydroxyl groups is 1. The number of nitrogens with one attached hydrogen (secondary N) is 1. The summed E-state index contributed by atoms with van der Waals surface area (Å²) in [6, 6.07) is 7.61. The SMILES string of the molecule is CC(C)c1cnc(NC(=O)c2ccc(N3CCC(O)CC3)cc2)s1. The number of amides is 1. The zero-order valence-corrected chi connectivity index (χ0v) is 14.8. The van der Waals surface area contributed by atoms with Crippen molar-refractivity contribution >= 4 is 28.1 Å². The van der Waals surface area contributed by atoms with Crippen molar-refractivity contribution in [2.45, 2.75) is 38.7 Å². The van der Waals surface area contributed by atoms with E-state index in [0.29, 0.717) is 16.6 Å². The quantitative estimate of drug-likeness (QED) is 0.890. The first-order chi connectivity index (χ1) is 11.5. The molecule has 1 aromatic carbocycles. The molecule has 0 unspecified atom stereocenters. The maximum absolute atomic E-state index is 12.3. The van der Waals surface area contributed by atoms with Crippen molar-refractivity contribution in [3.8, 4) is 0 Å². The van der Waals surface area contributed by atoms with Crippen molar-refractivity contribution in [3.05, 3.63) is 40.9 Å². The number of thiazole rings is 1. The van der Waals surface area contributed by atoms with Gasteiger partial charge in [-0.2, -0.15) is 0 Å². The van der Waals surface area contributed by atoms with Gasteiger partial charge in [0.25, 0.3) is 5.91 Å². The number of hydrogen-bond donors (Lipinski definition) is 2. The van der Waals surface area contributed by atoms with E-state index in [1.54, 1.807) is 0 Å². The predicted molar refractivity (Wildman–Crippen MR) is 98.1 cm³/mol. The number of aromatic nitrogens is 1. The molecule has 128 valence electrons. The van der Waals surface area contributed by atoms with E-state index in [1.165, 1.54) is 11.3 Å². The largest absolute Gasteiger partial charge is 0.393 e. The third-order valence-corrected chi connectivity index (χ3v) is 5.49. The molecular weight excluding hydrogens is 322 g/mol. The van der Waals surface area contributed by atoms with E-state index in [2.05, 4.69) is 29.0 Å². The van der Waals surface area contributed by atoms with E-state index in [4.69, 9.17) is 0 Å². The maximum Gasteiger partial charge on any atom is 0.257 e. The molecule has 0 bridgehead atoms. The van der Waals surface area contributed by atoms with Crippen LogP contribution in [-0.4, -0.2) is 35.2 Å². The number of carbonyl (C=O) groups excluding carboxylic acids is 1. The van der Waals surface area contributed by atoms with E-state index in [9.17, 15) is 9.90 Å². The molecule has 1 amide bonds. The number of piperidine rings is 1. The fourth-order valence-corrected chi connectivity index (χ4v) is 3.54. The summed E-state index contributed by atoms with van der Waals surface area (Å²) in [6.07, 6.45) is 3.23. The number of aliphatic hydroxyl groups excluding tert-OH is 1. The van der Waals surface area contributed by atoms with Crippen LogP contribution in [0.15, 0.2) is 30.5 Å². The Hall–Kier alpha value is -1.92. The molecule has 0 radical (unpaired) electrons. The topological polar surface area (TPSA) is 65.5 Å². The minimum absolute atomic E-state index is 0.139. The van der Waals surface area contributed by atoms with Gasteiger partial charge in [0.05, 0.1) is 6.10 Å². The molecule has 0 aliphatic carbocycles. The summed E-state index contributed by atoms with van der Waals surface area (Å²) < 4.78 is 0. The fourth-order valence-electron chi connectivity index (χ4n) is 2.73. The molecule has 6 heteroatoms. The van der Waals surface area contributed by atoms with Crippen LogP contribution in [0, 0.1) is 0 Å². The average molecular weight is 345 g/mol. The number of hydrogen-bond acceptors (Lipinski definition) is 5. The molecule has 1 aliphatic heterocycles. The van der Waals surface area contributed by atoms with Crippen LogP contribution in [0.25, 0.3) is 0 Å². The Morgan fingerprint density at radius 3 is 2.54 bits per heavy atom. The van der Waals surface area contributed by atoms with Crippen molar-refractivity contribution in [1.29, 1.82) is 0 Å². The molecule has 0 saturated carbocycles. The van der Waals surface area contributed by atoms with Crippen molar-refractivity contribution in [2.75, 3.05) is 23.3 Å². The lowest BCUT2D eigenvalue weighted by Crippen LogP contribution is -2.35. The van der Waals surface area contributed by atoms with Crippen molar-refractivity contribution in [1.82, 2.24) is 4.98 Å². The molecular formula is C18H23N3O2S. The third-order valence-electron chi connectivity index (χ3n) is 4.27. The molecule has 2 aromatic rings. The van der Waals surface area contributed by atoms with Crippen LogP contribution in [0.3, 0.4) is 0 Å². The van der Waals surface area contributed by atoms with Crippen LogP contribution in [0.1, 0.15) is 47.8 Å². The summed E-state index contributed by atoms with van der Waals surface area (Å²) in [5, 5.41) is 13.1. The maximum atomic E-state index is 12.3. The minimum atomic E-state index is -0.180. The first kappa shape index (κ1) is 16.9. The molecule has 1 fully saturated rings. The summed E-state index contributed by atoms with van der Waals surface area (Å²) in [5.41, 5.74) is 1.71. The molecule has 1 saturated heterocycles. The minimum Gasteiger partial charge on any atom is -0.393 e. The highest BCUT2D eigenvalue weighted by Gasteiger charge is 2.17. The van der Waals surface area contributed by atoms with Gasteiger partial charge in [-0.15, -0.1) is 11.3 Å². The Morgan fingerprint density at radius 2 is 1.96 bits per heavy atom. The lowest BCUT2D eigenvalue weighted by Gasteiger charge is -2.31. The molecule has 1 aromatic heterocycles. The number of benzene rings is 1. The van der Waals surface area contributed by atoms with E-state index in [0.717, 1.165) is 36.5 Å². The van der Waals surface area contributed by atoms with Crippen LogP contribution >= 0.6 is 11.3 Å².